The fourth-order valence-electron chi connectivity index (χ4n) is 3.58. The second-order valence-electron chi connectivity index (χ2n) is 6.89. The van der Waals surface area contributed by atoms with Crippen LogP contribution in [0.5, 0.6) is 11.5 Å². The molecule has 0 saturated carbocycles. The third kappa shape index (κ3) is 3.96. The van der Waals surface area contributed by atoms with E-state index in [-0.39, 0.29) is 21.1 Å². The molecule has 0 spiro atoms. The van der Waals surface area contributed by atoms with E-state index in [1.165, 1.54) is 44.5 Å². The van der Waals surface area contributed by atoms with E-state index in [1.807, 2.05) is 0 Å². The summed E-state index contributed by atoms with van der Waals surface area (Å²) in [5.41, 5.74) is 10.4. The molecule has 134 valence electrons. The molecular formula is C21H27O2PW. The number of aryl methyl sites for hydroxylation is 4. The average molecular weight is 526 g/mol. The van der Waals surface area contributed by atoms with Crippen LogP contribution in [-0.2, 0) is 27.5 Å². The van der Waals surface area contributed by atoms with E-state index >= 15 is 0 Å². The summed E-state index contributed by atoms with van der Waals surface area (Å²) in [6.45, 7) is 13.1. The molecule has 1 aliphatic rings. The van der Waals surface area contributed by atoms with E-state index in [0.717, 1.165) is 30.6 Å². The molecule has 1 heterocycles. The van der Waals surface area contributed by atoms with Crippen LogP contribution in [0.4, 0.5) is 0 Å². The molecule has 0 fully saturated rings. The van der Waals surface area contributed by atoms with Crippen molar-refractivity contribution in [2.24, 2.45) is 0 Å². The van der Waals surface area contributed by atoms with Crippen molar-refractivity contribution in [1.29, 1.82) is 0 Å². The van der Waals surface area contributed by atoms with Crippen molar-refractivity contribution < 1.29 is 30.5 Å². The van der Waals surface area contributed by atoms with Crippen molar-refractivity contribution in [1.82, 2.24) is 0 Å². The summed E-state index contributed by atoms with van der Waals surface area (Å²) in [6, 6.07) is 4.49. The van der Waals surface area contributed by atoms with Crippen LogP contribution in [0.15, 0.2) is 12.1 Å². The van der Waals surface area contributed by atoms with E-state index < -0.39 is 0 Å². The summed E-state index contributed by atoms with van der Waals surface area (Å²) >= 11 is 0. The molecule has 0 aromatic heterocycles. The van der Waals surface area contributed by atoms with Crippen LogP contribution in [0.1, 0.15) is 44.5 Å². The maximum absolute atomic E-state index is 6.18. The monoisotopic (exact) mass is 526 g/mol. The first-order chi connectivity index (χ1) is 11.4. The molecule has 4 heteroatoms. The smallest absolute Gasteiger partial charge is 0.126 e. The molecule has 2 aromatic rings. The van der Waals surface area contributed by atoms with E-state index in [4.69, 9.17) is 9.47 Å². The maximum Gasteiger partial charge on any atom is 0.126 e. The van der Waals surface area contributed by atoms with Gasteiger partial charge in [0.05, 0.1) is 0 Å². The molecule has 0 unspecified atom stereocenters. The average Bonchev–Trinajstić information content (AvgIpc) is 2.54. The van der Waals surface area contributed by atoms with Crippen LogP contribution in [-0.4, -0.2) is 12.7 Å². The third-order valence-electron chi connectivity index (χ3n) is 5.21. The minimum atomic E-state index is 0. The van der Waals surface area contributed by atoms with Crippen molar-refractivity contribution in [2.75, 3.05) is 12.7 Å². The summed E-state index contributed by atoms with van der Waals surface area (Å²) < 4.78 is 12.4. The van der Waals surface area contributed by atoms with Crippen molar-refractivity contribution in [3.8, 4) is 11.5 Å². The van der Waals surface area contributed by atoms with Crippen molar-refractivity contribution >= 4 is 8.58 Å². The summed E-state index contributed by atoms with van der Waals surface area (Å²) in [7, 11) is 0.643. The van der Waals surface area contributed by atoms with E-state index in [9.17, 15) is 0 Å². The zero-order valence-electron chi connectivity index (χ0n) is 16.0. The molecule has 2 aromatic carbocycles. The molecular weight excluding hydrogens is 499 g/mol. The quantitative estimate of drug-likeness (QED) is 0.423. The van der Waals surface area contributed by atoms with Crippen LogP contribution in [0.2, 0.25) is 0 Å². The van der Waals surface area contributed by atoms with Gasteiger partial charge in [-0.1, -0.05) is 12.1 Å². The minimum absolute atomic E-state index is 0. The fourth-order valence-corrected chi connectivity index (χ4v) is 4.16. The van der Waals surface area contributed by atoms with E-state index in [1.54, 1.807) is 0 Å². The van der Waals surface area contributed by atoms with Gasteiger partial charge in [-0.25, -0.2) is 0 Å². The Balaban J connectivity index is 0.00000225. The van der Waals surface area contributed by atoms with Crippen LogP contribution in [0.3, 0.4) is 0 Å². The second-order valence-corrected chi connectivity index (χ2v) is 7.97. The Kier molecular flexibility index (Phi) is 6.74. The zero-order valence-corrected chi connectivity index (χ0v) is 19.9. The second kappa shape index (κ2) is 8.24. The first-order valence-electron chi connectivity index (χ1n) is 8.55. The Morgan fingerprint density at radius 3 is 1.48 bits per heavy atom. The molecule has 2 nitrogen and oxygen atoms in total. The molecule has 3 rings (SSSR count). The van der Waals surface area contributed by atoms with Crippen LogP contribution in [0, 0.1) is 41.5 Å². The maximum atomic E-state index is 6.18. The fraction of sp³-hybridized carbons (Fsp3) is 0.429. The van der Waals surface area contributed by atoms with Crippen molar-refractivity contribution in [2.45, 2.75) is 48.0 Å². The Hall–Kier alpha value is -0.842. The molecule has 0 atom stereocenters. The SMILES string of the molecule is Cc1cc(C)c2c(c1C)Cc1c(C)c(C)cc(C)c1OCPCO2.[W]. The Morgan fingerprint density at radius 1 is 0.680 bits per heavy atom. The van der Waals surface area contributed by atoms with Crippen molar-refractivity contribution in [3.05, 3.63) is 56.6 Å². The van der Waals surface area contributed by atoms with Gasteiger partial charge in [0.1, 0.15) is 24.2 Å². The van der Waals surface area contributed by atoms with Crippen LogP contribution in [0.25, 0.3) is 0 Å². The number of ether oxygens (including phenoxy) is 2. The van der Waals surface area contributed by atoms with Crippen molar-refractivity contribution in [3.63, 3.8) is 0 Å². The molecule has 0 saturated heterocycles. The van der Waals surface area contributed by atoms with Gasteiger partial charge in [0.2, 0.25) is 0 Å². The number of rotatable bonds is 0. The predicted octanol–water partition coefficient (Wildman–Crippen LogP) is 5.49. The predicted molar refractivity (Wildman–Crippen MR) is 103 cm³/mol. The van der Waals surface area contributed by atoms with Gasteiger partial charge in [-0.2, -0.15) is 0 Å². The van der Waals surface area contributed by atoms with Gasteiger partial charge in [0.15, 0.2) is 0 Å². The molecule has 0 radical (unpaired) electrons. The topological polar surface area (TPSA) is 18.5 Å². The van der Waals surface area contributed by atoms with Gasteiger partial charge in [0, 0.05) is 38.6 Å². The molecule has 25 heavy (non-hydrogen) atoms. The molecule has 1 aliphatic heterocycles. The number of hydrogen-bond acceptors (Lipinski definition) is 2. The van der Waals surface area contributed by atoms with Gasteiger partial charge in [-0.3, -0.25) is 0 Å². The van der Waals surface area contributed by atoms with Crippen LogP contribution < -0.4 is 9.47 Å². The summed E-state index contributed by atoms with van der Waals surface area (Å²) in [5, 5.41) is 0. The van der Waals surface area contributed by atoms with Gasteiger partial charge >= 0.3 is 0 Å². The van der Waals surface area contributed by atoms with Gasteiger partial charge < -0.3 is 9.47 Å². The van der Waals surface area contributed by atoms with Gasteiger partial charge in [-0.05, 0) is 83.5 Å². The Labute approximate surface area is 167 Å². The zero-order chi connectivity index (χ0) is 17.4. The molecule has 0 N–H and O–H groups in total. The minimum Gasteiger partial charge on any atom is -0.489 e. The molecule has 0 amide bonds. The first-order valence-corrected chi connectivity index (χ1v) is 9.97. The summed E-state index contributed by atoms with van der Waals surface area (Å²) in [4.78, 5) is 0. The summed E-state index contributed by atoms with van der Waals surface area (Å²) in [6.07, 6.45) is 2.33. The first kappa shape index (κ1) is 20.5. The standard InChI is InChI=1S/C21H27O2P.W/c1-12-7-14(3)20-18(16(12)5)9-19-17(6)13(2)8-15(4)21(19)23-11-24-10-22-20;/h7-8,24H,9-11H2,1-6H3;. The number of benzene rings is 2. The number of hydrogen-bond donors (Lipinski definition) is 0. The largest absolute Gasteiger partial charge is 0.489 e. The van der Waals surface area contributed by atoms with E-state index in [2.05, 4.69) is 53.7 Å². The van der Waals surface area contributed by atoms with Gasteiger partial charge in [0.25, 0.3) is 0 Å². The van der Waals surface area contributed by atoms with E-state index in [0.29, 0.717) is 8.58 Å². The number of fused-ring (bicyclic) bond motifs is 2. The summed E-state index contributed by atoms with van der Waals surface area (Å²) in [5.74, 6) is 2.16. The Morgan fingerprint density at radius 2 is 1.08 bits per heavy atom. The van der Waals surface area contributed by atoms with Gasteiger partial charge in [-0.15, -0.1) is 0 Å². The molecule has 0 bridgehead atoms. The Bertz CT molecular complexity index is 734. The van der Waals surface area contributed by atoms with Crippen LogP contribution >= 0.6 is 8.58 Å². The molecule has 0 aliphatic carbocycles. The third-order valence-corrected chi connectivity index (χ3v) is 5.91. The normalized spacial score (nSPS) is 13.7.